The van der Waals surface area contributed by atoms with E-state index in [0.29, 0.717) is 16.5 Å². The maximum Gasteiger partial charge on any atom is 0.253 e. The predicted octanol–water partition coefficient (Wildman–Crippen LogP) is 4.52. The van der Waals surface area contributed by atoms with E-state index in [0.717, 1.165) is 10.9 Å². The van der Waals surface area contributed by atoms with Gasteiger partial charge in [-0.1, -0.05) is 30.9 Å². The van der Waals surface area contributed by atoms with Gasteiger partial charge in [0.1, 0.15) is 0 Å². The van der Waals surface area contributed by atoms with Gasteiger partial charge in [0, 0.05) is 23.1 Å². The van der Waals surface area contributed by atoms with E-state index in [1.54, 1.807) is 6.07 Å². The molecule has 0 aliphatic heterocycles. The molecular weight excluding hydrogens is 284 g/mol. The first kappa shape index (κ1) is 14.5. The van der Waals surface area contributed by atoms with Crippen LogP contribution in [-0.2, 0) is 0 Å². The zero-order valence-electron chi connectivity index (χ0n) is 12.3. The predicted molar refractivity (Wildman–Crippen MR) is 86.8 cm³/mol. The van der Waals surface area contributed by atoms with Gasteiger partial charge in [0.2, 0.25) is 0 Å². The molecule has 1 aliphatic carbocycles. The van der Waals surface area contributed by atoms with Gasteiger partial charge < -0.3 is 10.3 Å². The van der Waals surface area contributed by atoms with Crippen LogP contribution in [-0.4, -0.2) is 16.9 Å². The van der Waals surface area contributed by atoms with E-state index in [2.05, 4.69) is 17.2 Å². The molecule has 1 heterocycles. The zero-order valence-corrected chi connectivity index (χ0v) is 13.0. The molecule has 1 aromatic carbocycles. The Labute approximate surface area is 130 Å². The van der Waals surface area contributed by atoms with E-state index < -0.39 is 0 Å². The second-order valence-corrected chi connectivity index (χ2v) is 6.40. The SMILES string of the molecule is C[C@@H](NC(=O)c1ccc2[nH]ccc2c1Cl)C1CCCCC1. The van der Waals surface area contributed by atoms with Crippen LogP contribution >= 0.6 is 11.6 Å². The molecule has 3 nitrogen and oxygen atoms in total. The molecule has 1 aromatic heterocycles. The first-order valence-corrected chi connectivity index (χ1v) is 8.11. The van der Waals surface area contributed by atoms with Crippen molar-refractivity contribution in [2.24, 2.45) is 5.92 Å². The molecule has 2 aromatic rings. The van der Waals surface area contributed by atoms with Crippen molar-refractivity contribution in [1.29, 1.82) is 0 Å². The minimum Gasteiger partial charge on any atom is -0.361 e. The van der Waals surface area contributed by atoms with Crippen LogP contribution in [0.25, 0.3) is 10.9 Å². The number of H-pyrrole nitrogens is 1. The summed E-state index contributed by atoms with van der Waals surface area (Å²) in [5.41, 5.74) is 1.52. The Morgan fingerprint density at radius 1 is 1.29 bits per heavy atom. The molecular formula is C17H21ClN2O. The standard InChI is InChI=1S/C17H21ClN2O/c1-11(12-5-3-2-4-6-12)20-17(21)14-7-8-15-13(16(14)18)9-10-19-15/h7-12,19H,2-6H2,1H3,(H,20,21)/t11-/m1/s1. The Bertz CT molecular complexity index is 643. The lowest BCUT2D eigenvalue weighted by atomic mass is 9.84. The summed E-state index contributed by atoms with van der Waals surface area (Å²) in [4.78, 5) is 15.6. The number of hydrogen-bond donors (Lipinski definition) is 2. The summed E-state index contributed by atoms with van der Waals surface area (Å²) in [5, 5.41) is 4.56. The Balaban J connectivity index is 1.75. The lowest BCUT2D eigenvalue weighted by molar-refractivity contribution is 0.0919. The summed E-state index contributed by atoms with van der Waals surface area (Å²) < 4.78 is 0. The molecule has 3 rings (SSSR count). The lowest BCUT2D eigenvalue weighted by Gasteiger charge is -2.28. The third kappa shape index (κ3) is 2.93. The summed E-state index contributed by atoms with van der Waals surface area (Å²) in [6, 6.07) is 5.81. The molecule has 0 bridgehead atoms. The summed E-state index contributed by atoms with van der Waals surface area (Å²) in [7, 11) is 0. The number of carbonyl (C=O) groups is 1. The quantitative estimate of drug-likeness (QED) is 0.860. The normalized spacial score (nSPS) is 17.8. The third-order valence-corrected chi connectivity index (χ3v) is 5.04. The fourth-order valence-corrected chi connectivity index (χ4v) is 3.62. The number of hydrogen-bond acceptors (Lipinski definition) is 1. The van der Waals surface area contributed by atoms with Crippen LogP contribution < -0.4 is 5.32 Å². The summed E-state index contributed by atoms with van der Waals surface area (Å²) in [6.07, 6.45) is 8.15. The maximum absolute atomic E-state index is 12.5. The van der Waals surface area contributed by atoms with Crippen LogP contribution in [0.15, 0.2) is 24.4 Å². The van der Waals surface area contributed by atoms with Gasteiger partial charge >= 0.3 is 0 Å². The van der Waals surface area contributed by atoms with E-state index in [-0.39, 0.29) is 11.9 Å². The molecule has 1 aliphatic rings. The highest BCUT2D eigenvalue weighted by Crippen LogP contribution is 2.28. The number of aromatic nitrogens is 1. The van der Waals surface area contributed by atoms with E-state index in [1.165, 1.54) is 32.1 Å². The molecule has 0 spiro atoms. The van der Waals surface area contributed by atoms with Crippen LogP contribution in [0.2, 0.25) is 5.02 Å². The molecule has 1 saturated carbocycles. The molecule has 112 valence electrons. The second kappa shape index (κ2) is 6.10. The van der Waals surface area contributed by atoms with Crippen molar-refractivity contribution >= 4 is 28.4 Å². The average Bonchev–Trinajstić information content (AvgIpc) is 2.98. The first-order valence-electron chi connectivity index (χ1n) is 7.73. The van der Waals surface area contributed by atoms with Crippen LogP contribution in [0.4, 0.5) is 0 Å². The van der Waals surface area contributed by atoms with Crippen molar-refractivity contribution in [2.45, 2.75) is 45.1 Å². The number of halogens is 1. The van der Waals surface area contributed by atoms with Gasteiger partial charge in [-0.2, -0.15) is 0 Å². The monoisotopic (exact) mass is 304 g/mol. The summed E-state index contributed by atoms with van der Waals surface area (Å²) in [5.74, 6) is 0.527. The average molecular weight is 305 g/mol. The molecule has 4 heteroatoms. The highest BCUT2D eigenvalue weighted by molar-refractivity contribution is 6.38. The number of benzene rings is 1. The van der Waals surface area contributed by atoms with E-state index in [4.69, 9.17) is 11.6 Å². The van der Waals surface area contributed by atoms with Crippen LogP contribution in [0.5, 0.6) is 0 Å². The van der Waals surface area contributed by atoms with Crippen LogP contribution in [0.3, 0.4) is 0 Å². The second-order valence-electron chi connectivity index (χ2n) is 6.03. The Morgan fingerprint density at radius 3 is 2.81 bits per heavy atom. The lowest BCUT2D eigenvalue weighted by Crippen LogP contribution is -2.39. The van der Waals surface area contributed by atoms with Gasteiger partial charge in [-0.15, -0.1) is 0 Å². The highest BCUT2D eigenvalue weighted by Gasteiger charge is 2.23. The van der Waals surface area contributed by atoms with E-state index in [9.17, 15) is 4.79 Å². The number of fused-ring (bicyclic) bond motifs is 1. The van der Waals surface area contributed by atoms with Crippen molar-refractivity contribution in [1.82, 2.24) is 10.3 Å². The fraction of sp³-hybridized carbons (Fsp3) is 0.471. The Kier molecular flexibility index (Phi) is 4.20. The minimum absolute atomic E-state index is 0.0684. The first-order chi connectivity index (χ1) is 10.2. The van der Waals surface area contributed by atoms with Crippen molar-refractivity contribution in [2.75, 3.05) is 0 Å². The number of aromatic amines is 1. The van der Waals surface area contributed by atoms with Gasteiger partial charge in [-0.05, 0) is 43.9 Å². The number of nitrogens with one attached hydrogen (secondary N) is 2. The molecule has 1 atom stereocenters. The fourth-order valence-electron chi connectivity index (χ4n) is 3.31. The third-order valence-electron chi connectivity index (χ3n) is 4.63. The van der Waals surface area contributed by atoms with Crippen molar-refractivity contribution in [3.63, 3.8) is 0 Å². The van der Waals surface area contributed by atoms with Gasteiger partial charge in [-0.3, -0.25) is 4.79 Å². The molecule has 0 radical (unpaired) electrons. The smallest absolute Gasteiger partial charge is 0.253 e. The zero-order chi connectivity index (χ0) is 14.8. The molecule has 1 fully saturated rings. The number of carbonyl (C=O) groups excluding carboxylic acids is 1. The number of amides is 1. The molecule has 0 unspecified atom stereocenters. The van der Waals surface area contributed by atoms with Gasteiger partial charge in [0.15, 0.2) is 0 Å². The highest BCUT2D eigenvalue weighted by atomic mass is 35.5. The molecule has 2 N–H and O–H groups in total. The Hall–Kier alpha value is -1.48. The van der Waals surface area contributed by atoms with Crippen molar-refractivity contribution in [3.05, 3.63) is 35.0 Å². The molecule has 21 heavy (non-hydrogen) atoms. The van der Waals surface area contributed by atoms with Crippen molar-refractivity contribution in [3.8, 4) is 0 Å². The summed E-state index contributed by atoms with van der Waals surface area (Å²) in [6.45, 7) is 2.11. The topological polar surface area (TPSA) is 44.9 Å². The van der Waals surface area contributed by atoms with Gasteiger partial charge in [0.05, 0.1) is 10.6 Å². The van der Waals surface area contributed by atoms with Crippen molar-refractivity contribution < 1.29 is 4.79 Å². The van der Waals surface area contributed by atoms with E-state index >= 15 is 0 Å². The molecule has 0 saturated heterocycles. The minimum atomic E-state index is -0.0684. The largest absolute Gasteiger partial charge is 0.361 e. The summed E-state index contributed by atoms with van der Waals surface area (Å²) >= 11 is 6.37. The van der Waals surface area contributed by atoms with Crippen LogP contribution in [0, 0.1) is 5.92 Å². The van der Waals surface area contributed by atoms with Gasteiger partial charge in [0.25, 0.3) is 5.91 Å². The van der Waals surface area contributed by atoms with Crippen LogP contribution in [0.1, 0.15) is 49.4 Å². The Morgan fingerprint density at radius 2 is 2.05 bits per heavy atom. The van der Waals surface area contributed by atoms with Gasteiger partial charge in [-0.25, -0.2) is 0 Å². The van der Waals surface area contributed by atoms with E-state index in [1.807, 2.05) is 18.3 Å². The molecule has 1 amide bonds. The maximum atomic E-state index is 12.5. The number of rotatable bonds is 3.